The van der Waals surface area contributed by atoms with Crippen molar-refractivity contribution in [2.24, 2.45) is 4.99 Å². The number of aliphatic imine (C=N–C) groups is 1. The largest absolute Gasteiger partial charge is 0.493 e. The van der Waals surface area contributed by atoms with Crippen LogP contribution in [0.3, 0.4) is 0 Å². The summed E-state index contributed by atoms with van der Waals surface area (Å²) in [5.74, 6) is 1.80. The third kappa shape index (κ3) is 9.00. The first kappa shape index (κ1) is 22.0. The molecule has 1 aromatic carbocycles. The van der Waals surface area contributed by atoms with Crippen molar-refractivity contribution in [1.29, 1.82) is 0 Å². The highest BCUT2D eigenvalue weighted by Crippen LogP contribution is 2.22. The summed E-state index contributed by atoms with van der Waals surface area (Å²) in [5, 5.41) is 6.47. The van der Waals surface area contributed by atoms with Gasteiger partial charge in [-0.1, -0.05) is 18.2 Å². The van der Waals surface area contributed by atoms with Crippen LogP contribution in [-0.2, 0) is 4.74 Å². The van der Waals surface area contributed by atoms with Crippen molar-refractivity contribution in [3.8, 4) is 5.75 Å². The van der Waals surface area contributed by atoms with E-state index in [0.717, 1.165) is 37.8 Å². The smallest absolute Gasteiger partial charge is 0.191 e. The molecule has 0 bridgehead atoms. The minimum atomic E-state index is 0. The second kappa shape index (κ2) is 13.4. The maximum Gasteiger partial charge on any atom is 0.191 e. The van der Waals surface area contributed by atoms with Crippen LogP contribution in [0.1, 0.15) is 24.5 Å². The molecule has 0 aliphatic heterocycles. The molecule has 0 aliphatic rings. The molecule has 1 rings (SSSR count). The van der Waals surface area contributed by atoms with Crippen LogP contribution < -0.4 is 15.4 Å². The topological polar surface area (TPSA) is 54.9 Å². The number of nitrogens with one attached hydrogen (secondary N) is 2. The lowest BCUT2D eigenvalue weighted by molar-refractivity contribution is 0.152. The van der Waals surface area contributed by atoms with Crippen LogP contribution in [-0.4, -0.2) is 45.9 Å². The molecule has 1 aromatic rings. The van der Waals surface area contributed by atoms with E-state index < -0.39 is 0 Å². The lowest BCUT2D eigenvalue weighted by atomic mass is 10.1. The average molecular weight is 435 g/mol. The molecule has 0 aromatic heterocycles. The molecular formula is C17H30IN3O2. The van der Waals surface area contributed by atoms with Crippen molar-refractivity contribution in [2.45, 2.75) is 27.2 Å². The van der Waals surface area contributed by atoms with Gasteiger partial charge in [-0.3, -0.25) is 4.99 Å². The van der Waals surface area contributed by atoms with Crippen LogP contribution in [0.4, 0.5) is 0 Å². The Kier molecular flexibility index (Phi) is 12.8. The molecule has 0 spiro atoms. The zero-order valence-electron chi connectivity index (χ0n) is 14.6. The van der Waals surface area contributed by atoms with Gasteiger partial charge in [0.2, 0.25) is 0 Å². The first-order valence-electron chi connectivity index (χ1n) is 7.90. The number of ether oxygens (including phenoxy) is 2. The molecule has 0 atom stereocenters. The van der Waals surface area contributed by atoms with Gasteiger partial charge in [-0.05, 0) is 38.3 Å². The van der Waals surface area contributed by atoms with Crippen molar-refractivity contribution in [1.82, 2.24) is 10.6 Å². The SMILES string of the molecule is CCOCCNC(=NC)NCCCOc1c(C)cccc1C.I. The predicted molar refractivity (Wildman–Crippen MR) is 107 cm³/mol. The molecule has 0 saturated carbocycles. The van der Waals surface area contributed by atoms with Gasteiger partial charge in [-0.25, -0.2) is 0 Å². The van der Waals surface area contributed by atoms with Crippen LogP contribution in [0.2, 0.25) is 0 Å². The van der Waals surface area contributed by atoms with E-state index in [1.807, 2.05) is 6.92 Å². The van der Waals surface area contributed by atoms with Crippen LogP contribution >= 0.6 is 24.0 Å². The lowest BCUT2D eigenvalue weighted by Crippen LogP contribution is -2.39. The van der Waals surface area contributed by atoms with Gasteiger partial charge in [0.15, 0.2) is 5.96 Å². The maximum absolute atomic E-state index is 5.88. The van der Waals surface area contributed by atoms with Gasteiger partial charge in [0, 0.05) is 26.7 Å². The zero-order chi connectivity index (χ0) is 16.2. The summed E-state index contributed by atoms with van der Waals surface area (Å²) in [6.07, 6.45) is 0.917. The Hall–Kier alpha value is -1.02. The van der Waals surface area contributed by atoms with Crippen LogP contribution in [0.5, 0.6) is 5.75 Å². The van der Waals surface area contributed by atoms with Crippen LogP contribution in [0.15, 0.2) is 23.2 Å². The molecule has 6 heteroatoms. The Morgan fingerprint density at radius 1 is 1.09 bits per heavy atom. The van der Waals surface area contributed by atoms with Crippen molar-refractivity contribution in [2.75, 3.05) is 40.0 Å². The minimum absolute atomic E-state index is 0. The summed E-state index contributed by atoms with van der Waals surface area (Å²) < 4.78 is 11.2. The molecule has 0 heterocycles. The van der Waals surface area contributed by atoms with E-state index in [1.54, 1.807) is 7.05 Å². The number of para-hydroxylation sites is 1. The van der Waals surface area contributed by atoms with E-state index in [1.165, 1.54) is 11.1 Å². The Labute approximate surface area is 157 Å². The summed E-state index contributed by atoms with van der Waals surface area (Å²) in [6.45, 7) is 9.83. The third-order valence-corrected chi connectivity index (χ3v) is 3.24. The third-order valence-electron chi connectivity index (χ3n) is 3.24. The van der Waals surface area contributed by atoms with Gasteiger partial charge >= 0.3 is 0 Å². The summed E-state index contributed by atoms with van der Waals surface area (Å²) in [7, 11) is 1.77. The highest BCUT2D eigenvalue weighted by molar-refractivity contribution is 14.0. The van der Waals surface area contributed by atoms with E-state index in [0.29, 0.717) is 13.2 Å². The highest BCUT2D eigenvalue weighted by atomic mass is 127. The number of rotatable bonds is 9. The molecule has 132 valence electrons. The zero-order valence-corrected chi connectivity index (χ0v) is 17.0. The van der Waals surface area contributed by atoms with Crippen LogP contribution in [0, 0.1) is 13.8 Å². The molecule has 0 saturated heterocycles. The second-order valence-corrected chi connectivity index (χ2v) is 5.05. The highest BCUT2D eigenvalue weighted by Gasteiger charge is 2.02. The van der Waals surface area contributed by atoms with Crippen molar-refractivity contribution in [3.05, 3.63) is 29.3 Å². The van der Waals surface area contributed by atoms with Crippen molar-refractivity contribution < 1.29 is 9.47 Å². The number of nitrogens with zero attached hydrogens (tertiary/aromatic N) is 1. The minimum Gasteiger partial charge on any atom is -0.493 e. The fourth-order valence-corrected chi connectivity index (χ4v) is 2.09. The van der Waals surface area contributed by atoms with Crippen molar-refractivity contribution in [3.63, 3.8) is 0 Å². The summed E-state index contributed by atoms with van der Waals surface area (Å²) in [5.41, 5.74) is 2.36. The molecule has 0 amide bonds. The molecular weight excluding hydrogens is 405 g/mol. The lowest BCUT2D eigenvalue weighted by Gasteiger charge is -2.14. The van der Waals surface area contributed by atoms with Gasteiger partial charge in [0.25, 0.3) is 0 Å². The number of hydrogen-bond donors (Lipinski definition) is 2. The number of guanidine groups is 1. The maximum atomic E-state index is 5.88. The number of hydrogen-bond acceptors (Lipinski definition) is 3. The Balaban J connectivity index is 0.00000484. The summed E-state index contributed by atoms with van der Waals surface area (Å²) >= 11 is 0. The van der Waals surface area contributed by atoms with Gasteiger partial charge < -0.3 is 20.1 Å². The fourth-order valence-electron chi connectivity index (χ4n) is 2.09. The van der Waals surface area contributed by atoms with Crippen molar-refractivity contribution >= 4 is 29.9 Å². The molecule has 0 radical (unpaired) electrons. The first-order valence-corrected chi connectivity index (χ1v) is 7.90. The molecule has 0 fully saturated rings. The molecule has 0 aliphatic carbocycles. The molecule has 5 nitrogen and oxygen atoms in total. The Morgan fingerprint density at radius 2 is 1.74 bits per heavy atom. The fraction of sp³-hybridized carbons (Fsp3) is 0.588. The monoisotopic (exact) mass is 435 g/mol. The number of halogens is 1. The molecule has 2 N–H and O–H groups in total. The number of benzene rings is 1. The summed E-state index contributed by atoms with van der Waals surface area (Å²) in [6, 6.07) is 6.20. The van der Waals surface area contributed by atoms with E-state index in [4.69, 9.17) is 9.47 Å². The van der Waals surface area contributed by atoms with E-state index in [-0.39, 0.29) is 24.0 Å². The van der Waals surface area contributed by atoms with Gasteiger partial charge in [-0.15, -0.1) is 24.0 Å². The van der Waals surface area contributed by atoms with Gasteiger partial charge in [0.05, 0.1) is 13.2 Å². The van der Waals surface area contributed by atoms with Crippen LogP contribution in [0.25, 0.3) is 0 Å². The quantitative estimate of drug-likeness (QED) is 0.271. The normalized spacial score (nSPS) is 10.9. The molecule has 0 unspecified atom stereocenters. The Bertz CT molecular complexity index is 447. The van der Waals surface area contributed by atoms with E-state index in [2.05, 4.69) is 47.7 Å². The van der Waals surface area contributed by atoms with E-state index >= 15 is 0 Å². The van der Waals surface area contributed by atoms with E-state index in [9.17, 15) is 0 Å². The standard InChI is InChI=1S/C17H29N3O2.HI/c1-5-21-13-11-20-17(18-4)19-10-7-12-22-16-14(2)8-6-9-15(16)3;/h6,8-9H,5,7,10-13H2,1-4H3,(H2,18,19,20);1H. The predicted octanol–water partition coefficient (Wildman–Crippen LogP) is 2.89. The second-order valence-electron chi connectivity index (χ2n) is 5.05. The Morgan fingerprint density at radius 3 is 2.35 bits per heavy atom. The van der Waals surface area contributed by atoms with Gasteiger partial charge in [-0.2, -0.15) is 0 Å². The first-order chi connectivity index (χ1) is 10.7. The molecule has 23 heavy (non-hydrogen) atoms. The average Bonchev–Trinajstić information content (AvgIpc) is 2.51. The summed E-state index contributed by atoms with van der Waals surface area (Å²) in [4.78, 5) is 4.17. The van der Waals surface area contributed by atoms with Gasteiger partial charge in [0.1, 0.15) is 5.75 Å². The number of aryl methyl sites for hydroxylation is 2.